The summed E-state index contributed by atoms with van der Waals surface area (Å²) in [6, 6.07) is 50.5. The van der Waals surface area contributed by atoms with Gasteiger partial charge in [-0.1, -0.05) is 144 Å². The van der Waals surface area contributed by atoms with E-state index in [0.717, 1.165) is 0 Å². The van der Waals surface area contributed by atoms with Crippen molar-refractivity contribution in [2.24, 2.45) is 0 Å². The molecule has 242 valence electrons. The first-order valence-electron chi connectivity index (χ1n) is 18.3. The van der Waals surface area contributed by atoms with Crippen molar-refractivity contribution in [3.05, 3.63) is 161 Å². The Balaban J connectivity index is 1.16. The van der Waals surface area contributed by atoms with Gasteiger partial charge in [-0.25, -0.2) is 0 Å². The number of anilines is 3. The summed E-state index contributed by atoms with van der Waals surface area (Å²) in [5, 5.41) is 0. The summed E-state index contributed by atoms with van der Waals surface area (Å²) in [4.78, 5) is 2.47. The molecule has 3 aliphatic carbocycles. The van der Waals surface area contributed by atoms with Gasteiger partial charge < -0.3 is 4.90 Å². The topological polar surface area (TPSA) is 3.24 Å². The molecule has 3 aliphatic rings. The Hall–Kier alpha value is -4.88. The van der Waals surface area contributed by atoms with Gasteiger partial charge >= 0.3 is 0 Å². The fourth-order valence-electron chi connectivity index (χ4n) is 9.28. The first-order valence-corrected chi connectivity index (χ1v) is 18.3. The van der Waals surface area contributed by atoms with Gasteiger partial charge in [-0.3, -0.25) is 0 Å². The van der Waals surface area contributed by atoms with Crippen LogP contribution in [-0.4, -0.2) is 0 Å². The van der Waals surface area contributed by atoms with Crippen LogP contribution in [0.2, 0.25) is 0 Å². The minimum Gasteiger partial charge on any atom is -0.310 e. The number of benzene rings is 6. The molecule has 9 rings (SSSR count). The minimum atomic E-state index is -0.0737. The number of hydrogen-bond acceptors (Lipinski definition) is 1. The van der Waals surface area contributed by atoms with Crippen LogP contribution < -0.4 is 4.90 Å². The third kappa shape index (κ3) is 4.81. The molecule has 1 heteroatoms. The Morgan fingerprint density at radius 3 is 1.57 bits per heavy atom. The minimum absolute atomic E-state index is 0.0671. The van der Waals surface area contributed by atoms with E-state index in [1.165, 1.54) is 105 Å². The van der Waals surface area contributed by atoms with E-state index >= 15 is 0 Å². The molecule has 0 aromatic heterocycles. The van der Waals surface area contributed by atoms with Gasteiger partial charge in [0.1, 0.15) is 0 Å². The zero-order valence-electron chi connectivity index (χ0n) is 29.3. The monoisotopic (exact) mass is 635 g/mol. The van der Waals surface area contributed by atoms with Crippen LogP contribution in [0.25, 0.3) is 33.4 Å². The molecule has 0 radical (unpaired) electrons. The van der Waals surface area contributed by atoms with Gasteiger partial charge in [-0.05, 0) is 116 Å². The predicted molar refractivity (Wildman–Crippen MR) is 208 cm³/mol. The van der Waals surface area contributed by atoms with Crippen molar-refractivity contribution in [3.8, 4) is 33.4 Å². The number of fused-ring (bicyclic) bond motifs is 6. The van der Waals surface area contributed by atoms with Crippen LogP contribution >= 0.6 is 0 Å². The molecule has 0 spiro atoms. The first-order chi connectivity index (χ1) is 23.8. The Bertz CT molecular complexity index is 2200. The second-order valence-corrected chi connectivity index (χ2v) is 15.6. The third-order valence-electron chi connectivity index (χ3n) is 12.1. The zero-order valence-corrected chi connectivity index (χ0v) is 29.3. The maximum Gasteiger partial charge on any atom is 0.0465 e. The lowest BCUT2D eigenvalue weighted by molar-refractivity contribution is 0.443. The molecular weight excluding hydrogens is 591 g/mol. The maximum absolute atomic E-state index is 2.56. The fraction of sp³-hybridized carbons (Fsp3) is 0.250. The summed E-state index contributed by atoms with van der Waals surface area (Å²) in [6.07, 6.45) is 6.78. The van der Waals surface area contributed by atoms with Gasteiger partial charge in [0.15, 0.2) is 0 Å². The van der Waals surface area contributed by atoms with E-state index in [1.54, 1.807) is 5.56 Å². The van der Waals surface area contributed by atoms with Crippen molar-refractivity contribution in [1.29, 1.82) is 0 Å². The van der Waals surface area contributed by atoms with Crippen LogP contribution in [0.1, 0.15) is 93.5 Å². The Morgan fingerprint density at radius 2 is 0.918 bits per heavy atom. The maximum atomic E-state index is 2.56. The predicted octanol–water partition coefficient (Wildman–Crippen LogP) is 13.5. The number of nitrogens with zero attached hydrogens (tertiary/aromatic N) is 1. The highest BCUT2D eigenvalue weighted by Crippen LogP contribution is 2.53. The van der Waals surface area contributed by atoms with E-state index in [2.05, 4.69) is 166 Å². The lowest BCUT2D eigenvalue weighted by atomic mass is 9.79. The molecule has 0 aliphatic heterocycles. The van der Waals surface area contributed by atoms with Gasteiger partial charge in [-0.2, -0.15) is 0 Å². The largest absolute Gasteiger partial charge is 0.310 e. The lowest BCUT2D eigenvalue weighted by Crippen LogP contribution is -2.18. The molecule has 0 saturated heterocycles. The highest BCUT2D eigenvalue weighted by Gasteiger charge is 2.38. The molecule has 6 aromatic rings. The van der Waals surface area contributed by atoms with Crippen molar-refractivity contribution in [3.63, 3.8) is 0 Å². The van der Waals surface area contributed by atoms with Crippen molar-refractivity contribution in [2.75, 3.05) is 4.90 Å². The summed E-state index contributed by atoms with van der Waals surface area (Å²) < 4.78 is 0. The van der Waals surface area contributed by atoms with E-state index in [0.29, 0.717) is 5.92 Å². The standard InChI is InChI=1S/C48H45N/c1-47(2)43-18-12-11-17-39(43)41-27-24-37(30-45(41)47)49(36-22-19-34(20-23-36)32-13-7-5-8-14-32)38-25-28-42-40-26-21-35(33-15-9-6-10-16-33)29-44(40)48(3,4)46(42)31-38/h5,7-8,11-14,17-31,33H,6,9-10,15-16H2,1-4H3. The average molecular weight is 636 g/mol. The van der Waals surface area contributed by atoms with Crippen LogP contribution in [0.3, 0.4) is 0 Å². The summed E-state index contributed by atoms with van der Waals surface area (Å²) in [5.41, 5.74) is 18.6. The normalized spacial score (nSPS) is 16.8. The highest BCUT2D eigenvalue weighted by atomic mass is 15.1. The van der Waals surface area contributed by atoms with E-state index in [1.807, 2.05) is 0 Å². The summed E-state index contributed by atoms with van der Waals surface area (Å²) in [5.74, 6) is 0.707. The molecule has 0 heterocycles. The van der Waals surface area contributed by atoms with E-state index in [9.17, 15) is 0 Å². The van der Waals surface area contributed by atoms with Crippen LogP contribution in [0, 0.1) is 0 Å². The van der Waals surface area contributed by atoms with Crippen molar-refractivity contribution < 1.29 is 0 Å². The molecule has 1 saturated carbocycles. The third-order valence-corrected chi connectivity index (χ3v) is 12.1. The van der Waals surface area contributed by atoms with E-state index < -0.39 is 0 Å². The Morgan fingerprint density at radius 1 is 0.429 bits per heavy atom. The molecule has 0 bridgehead atoms. The summed E-state index contributed by atoms with van der Waals surface area (Å²) in [7, 11) is 0. The Kier molecular flexibility index (Phi) is 6.99. The lowest BCUT2D eigenvalue weighted by Gasteiger charge is -2.30. The average Bonchev–Trinajstić information content (AvgIpc) is 3.51. The molecule has 6 aromatic carbocycles. The number of hydrogen-bond donors (Lipinski definition) is 0. The fourth-order valence-corrected chi connectivity index (χ4v) is 9.28. The smallest absolute Gasteiger partial charge is 0.0465 e. The van der Waals surface area contributed by atoms with Crippen molar-refractivity contribution in [1.82, 2.24) is 0 Å². The molecule has 0 atom stereocenters. The van der Waals surface area contributed by atoms with Gasteiger partial charge in [0.05, 0.1) is 0 Å². The van der Waals surface area contributed by atoms with Gasteiger partial charge in [0.25, 0.3) is 0 Å². The summed E-state index contributed by atoms with van der Waals surface area (Å²) >= 11 is 0. The molecule has 0 N–H and O–H groups in total. The van der Waals surface area contributed by atoms with Gasteiger partial charge in [0.2, 0.25) is 0 Å². The van der Waals surface area contributed by atoms with Gasteiger partial charge in [0, 0.05) is 27.9 Å². The molecule has 1 nitrogen and oxygen atoms in total. The van der Waals surface area contributed by atoms with E-state index in [-0.39, 0.29) is 10.8 Å². The van der Waals surface area contributed by atoms with Crippen molar-refractivity contribution >= 4 is 17.1 Å². The molecular formula is C48H45N. The zero-order chi connectivity index (χ0) is 33.3. The number of rotatable bonds is 5. The van der Waals surface area contributed by atoms with Crippen LogP contribution in [0.5, 0.6) is 0 Å². The molecule has 49 heavy (non-hydrogen) atoms. The van der Waals surface area contributed by atoms with Crippen LogP contribution in [0.4, 0.5) is 17.1 Å². The highest BCUT2D eigenvalue weighted by molar-refractivity contribution is 5.88. The molecule has 0 unspecified atom stereocenters. The Labute approximate surface area is 292 Å². The van der Waals surface area contributed by atoms with Crippen molar-refractivity contribution in [2.45, 2.75) is 76.5 Å². The first kappa shape index (κ1) is 30.2. The van der Waals surface area contributed by atoms with E-state index in [4.69, 9.17) is 0 Å². The second kappa shape index (κ2) is 11.3. The van der Waals surface area contributed by atoms with Crippen LogP contribution in [0.15, 0.2) is 133 Å². The SMILES string of the molecule is CC1(C)c2ccccc2-c2ccc(N(c3ccc(-c4ccccc4)cc3)c3ccc4c(c3)C(C)(C)c3cc(C5CCCCC5)ccc3-4)cc21. The quantitative estimate of drug-likeness (QED) is 0.182. The van der Waals surface area contributed by atoms with Gasteiger partial charge in [-0.15, -0.1) is 0 Å². The molecule has 1 fully saturated rings. The molecule has 0 amide bonds. The van der Waals surface area contributed by atoms with Crippen LogP contribution in [-0.2, 0) is 10.8 Å². The summed E-state index contributed by atoms with van der Waals surface area (Å²) in [6.45, 7) is 9.61. The second-order valence-electron chi connectivity index (χ2n) is 15.6.